The highest BCUT2D eigenvalue weighted by Gasteiger charge is 2.20. The molecule has 26 heavy (non-hydrogen) atoms. The molecule has 136 valence electrons. The molecular weight excluding hydrogens is 355 g/mol. The van der Waals surface area contributed by atoms with Gasteiger partial charge in [-0.25, -0.2) is 14.2 Å². The Balaban J connectivity index is 2.17. The fraction of sp³-hybridized carbons (Fsp3) is 0.278. The van der Waals surface area contributed by atoms with E-state index in [-0.39, 0.29) is 23.1 Å². The second-order valence-electron chi connectivity index (χ2n) is 6.46. The van der Waals surface area contributed by atoms with Gasteiger partial charge in [0.25, 0.3) is 5.56 Å². The topological polar surface area (TPSA) is 82.9 Å². The first-order valence-corrected chi connectivity index (χ1v) is 8.98. The van der Waals surface area contributed by atoms with Crippen LogP contribution in [0.3, 0.4) is 0 Å². The second-order valence-corrected chi connectivity index (χ2v) is 7.32. The van der Waals surface area contributed by atoms with Crippen molar-refractivity contribution in [3.8, 4) is 21.8 Å². The van der Waals surface area contributed by atoms with Crippen LogP contribution in [0.15, 0.2) is 39.2 Å². The summed E-state index contributed by atoms with van der Waals surface area (Å²) in [5, 5.41) is 2.26. The molecule has 0 spiro atoms. The molecule has 1 aromatic carbocycles. The Labute approximate surface area is 153 Å². The third kappa shape index (κ3) is 3.20. The monoisotopic (exact) mass is 374 g/mol. The van der Waals surface area contributed by atoms with Gasteiger partial charge in [0.15, 0.2) is 0 Å². The van der Waals surface area contributed by atoms with Gasteiger partial charge in [-0.1, -0.05) is 26.0 Å². The fourth-order valence-electron chi connectivity index (χ4n) is 2.71. The van der Waals surface area contributed by atoms with Crippen LogP contribution >= 0.6 is 11.3 Å². The lowest BCUT2D eigenvalue weighted by atomic mass is 10.2. The fourth-order valence-corrected chi connectivity index (χ4v) is 3.52. The van der Waals surface area contributed by atoms with E-state index in [1.165, 1.54) is 35.1 Å². The van der Waals surface area contributed by atoms with Crippen molar-refractivity contribution in [2.75, 3.05) is 5.73 Å². The molecule has 6 nitrogen and oxygen atoms in total. The van der Waals surface area contributed by atoms with E-state index in [4.69, 9.17) is 5.73 Å². The van der Waals surface area contributed by atoms with Gasteiger partial charge in [-0.3, -0.25) is 13.9 Å². The van der Waals surface area contributed by atoms with Gasteiger partial charge in [0, 0.05) is 24.5 Å². The SMILES string of the molecule is CC(C)Cn1c(N)c(-c2csc(-c3cccc(F)c3)n2)c(=O)n(C)c1=O. The van der Waals surface area contributed by atoms with Crippen LogP contribution in [-0.2, 0) is 13.6 Å². The number of nitrogens with two attached hydrogens (primary N) is 1. The quantitative estimate of drug-likeness (QED) is 0.761. The van der Waals surface area contributed by atoms with Gasteiger partial charge < -0.3 is 5.73 Å². The molecule has 0 aliphatic heterocycles. The number of benzene rings is 1. The smallest absolute Gasteiger partial charge is 0.332 e. The van der Waals surface area contributed by atoms with Gasteiger partial charge in [0.2, 0.25) is 0 Å². The molecule has 2 heterocycles. The Bertz CT molecular complexity index is 1080. The lowest BCUT2D eigenvalue weighted by molar-refractivity contribution is 0.494. The van der Waals surface area contributed by atoms with Crippen molar-refractivity contribution in [1.82, 2.24) is 14.1 Å². The predicted molar refractivity (Wildman–Crippen MR) is 102 cm³/mol. The van der Waals surface area contributed by atoms with E-state index in [0.717, 1.165) is 4.57 Å². The zero-order valence-electron chi connectivity index (χ0n) is 14.7. The van der Waals surface area contributed by atoms with Gasteiger partial charge >= 0.3 is 5.69 Å². The van der Waals surface area contributed by atoms with Crippen molar-refractivity contribution in [2.45, 2.75) is 20.4 Å². The molecule has 0 aliphatic carbocycles. The highest BCUT2D eigenvalue weighted by Crippen LogP contribution is 2.29. The van der Waals surface area contributed by atoms with Crippen molar-refractivity contribution < 1.29 is 4.39 Å². The van der Waals surface area contributed by atoms with Crippen LogP contribution in [0.5, 0.6) is 0 Å². The van der Waals surface area contributed by atoms with Crippen LogP contribution in [0.4, 0.5) is 10.2 Å². The summed E-state index contributed by atoms with van der Waals surface area (Å²) in [6.07, 6.45) is 0. The van der Waals surface area contributed by atoms with Crippen LogP contribution in [0.2, 0.25) is 0 Å². The lowest BCUT2D eigenvalue weighted by Crippen LogP contribution is -2.41. The maximum atomic E-state index is 13.4. The number of aromatic nitrogens is 3. The first-order valence-electron chi connectivity index (χ1n) is 8.10. The lowest BCUT2D eigenvalue weighted by Gasteiger charge is -2.15. The Hall–Kier alpha value is -2.74. The first kappa shape index (κ1) is 18.1. The highest BCUT2D eigenvalue weighted by atomic mass is 32.1. The molecule has 2 N–H and O–H groups in total. The summed E-state index contributed by atoms with van der Waals surface area (Å²) in [6.45, 7) is 4.32. The molecule has 0 atom stereocenters. The van der Waals surface area contributed by atoms with Crippen molar-refractivity contribution in [3.63, 3.8) is 0 Å². The minimum absolute atomic E-state index is 0.0999. The predicted octanol–water partition coefficient (Wildman–Crippen LogP) is 2.71. The molecule has 0 radical (unpaired) electrons. The molecule has 0 saturated heterocycles. The highest BCUT2D eigenvalue weighted by molar-refractivity contribution is 7.13. The minimum atomic E-state index is -0.497. The van der Waals surface area contributed by atoms with E-state index in [0.29, 0.717) is 22.8 Å². The molecule has 0 amide bonds. The van der Waals surface area contributed by atoms with Crippen LogP contribution in [0.25, 0.3) is 21.8 Å². The maximum Gasteiger partial charge on any atom is 0.332 e. The third-order valence-corrected chi connectivity index (χ3v) is 4.85. The summed E-state index contributed by atoms with van der Waals surface area (Å²) in [6, 6.07) is 6.08. The number of nitrogen functional groups attached to an aromatic ring is 1. The molecule has 3 rings (SSSR count). The molecule has 3 aromatic rings. The Morgan fingerprint density at radius 1 is 1.31 bits per heavy atom. The van der Waals surface area contributed by atoms with Crippen molar-refractivity contribution in [2.24, 2.45) is 13.0 Å². The Morgan fingerprint density at radius 3 is 2.69 bits per heavy atom. The normalized spacial score (nSPS) is 11.3. The number of hydrogen-bond acceptors (Lipinski definition) is 5. The van der Waals surface area contributed by atoms with E-state index in [2.05, 4.69) is 4.98 Å². The Morgan fingerprint density at radius 2 is 2.04 bits per heavy atom. The molecule has 2 aromatic heterocycles. The zero-order valence-corrected chi connectivity index (χ0v) is 15.5. The van der Waals surface area contributed by atoms with Gasteiger partial charge in [0.05, 0.1) is 5.69 Å². The molecular formula is C18H19FN4O2S. The van der Waals surface area contributed by atoms with Crippen molar-refractivity contribution in [3.05, 3.63) is 56.3 Å². The minimum Gasteiger partial charge on any atom is -0.384 e. The van der Waals surface area contributed by atoms with Crippen molar-refractivity contribution in [1.29, 1.82) is 0 Å². The molecule has 0 unspecified atom stereocenters. The largest absolute Gasteiger partial charge is 0.384 e. The first-order chi connectivity index (χ1) is 12.3. The van der Waals surface area contributed by atoms with Gasteiger partial charge in [-0.05, 0) is 18.1 Å². The van der Waals surface area contributed by atoms with Gasteiger partial charge in [-0.2, -0.15) is 0 Å². The van der Waals surface area contributed by atoms with E-state index in [9.17, 15) is 14.0 Å². The van der Waals surface area contributed by atoms with E-state index < -0.39 is 11.2 Å². The number of thiazole rings is 1. The number of halogens is 1. The van der Waals surface area contributed by atoms with Crippen LogP contribution in [-0.4, -0.2) is 14.1 Å². The molecule has 0 bridgehead atoms. The standard InChI is InChI=1S/C18H19FN4O2S/c1-10(2)8-23-15(20)14(17(24)22(3)18(23)25)13-9-26-16(21-13)11-5-4-6-12(19)7-11/h4-7,9-10H,8,20H2,1-3H3. The summed E-state index contributed by atoms with van der Waals surface area (Å²) >= 11 is 1.28. The van der Waals surface area contributed by atoms with Gasteiger partial charge in [0.1, 0.15) is 22.2 Å². The molecule has 0 aliphatic rings. The van der Waals surface area contributed by atoms with Crippen LogP contribution in [0, 0.1) is 11.7 Å². The van der Waals surface area contributed by atoms with Crippen LogP contribution in [0.1, 0.15) is 13.8 Å². The summed E-state index contributed by atoms with van der Waals surface area (Å²) in [4.78, 5) is 29.5. The number of rotatable bonds is 4. The molecule has 8 heteroatoms. The van der Waals surface area contributed by atoms with E-state index >= 15 is 0 Å². The Kier molecular flexibility index (Phi) is 4.78. The second kappa shape index (κ2) is 6.87. The zero-order chi connectivity index (χ0) is 19.0. The van der Waals surface area contributed by atoms with E-state index in [1.54, 1.807) is 17.5 Å². The summed E-state index contributed by atoms with van der Waals surface area (Å²) in [5.74, 6) is -0.0818. The van der Waals surface area contributed by atoms with E-state index in [1.807, 2.05) is 13.8 Å². The maximum absolute atomic E-state index is 13.4. The molecule has 0 saturated carbocycles. The van der Waals surface area contributed by atoms with Crippen LogP contribution < -0.4 is 17.0 Å². The number of anilines is 1. The third-order valence-electron chi connectivity index (χ3n) is 3.96. The summed E-state index contributed by atoms with van der Waals surface area (Å²) in [5.41, 5.74) is 6.39. The van der Waals surface area contributed by atoms with Gasteiger partial charge in [-0.15, -0.1) is 11.3 Å². The number of hydrogen-bond donors (Lipinski definition) is 1. The van der Waals surface area contributed by atoms with Crippen molar-refractivity contribution >= 4 is 17.2 Å². The summed E-state index contributed by atoms with van der Waals surface area (Å²) in [7, 11) is 1.42. The number of nitrogens with zero attached hydrogens (tertiary/aromatic N) is 3. The summed E-state index contributed by atoms with van der Waals surface area (Å²) < 4.78 is 15.9. The molecule has 0 fully saturated rings. The average Bonchev–Trinajstić information content (AvgIpc) is 3.06. The average molecular weight is 374 g/mol.